The number of nitrogens with zero attached hydrogens (tertiary/aromatic N) is 2. The van der Waals surface area contributed by atoms with E-state index in [0.29, 0.717) is 24.7 Å². The van der Waals surface area contributed by atoms with Gasteiger partial charge in [0.15, 0.2) is 0 Å². The summed E-state index contributed by atoms with van der Waals surface area (Å²) in [4.78, 5) is 27.1. The molecule has 0 unspecified atom stereocenters. The fourth-order valence-corrected chi connectivity index (χ4v) is 2.42. The van der Waals surface area contributed by atoms with Crippen molar-refractivity contribution in [2.75, 3.05) is 19.6 Å². The Morgan fingerprint density at radius 3 is 2.71 bits per heavy atom. The third kappa shape index (κ3) is 4.59. The molecule has 7 heteroatoms. The van der Waals surface area contributed by atoms with E-state index in [0.717, 1.165) is 5.56 Å². The average molecular weight is 332 g/mol. The predicted octanol–water partition coefficient (Wildman–Crippen LogP) is 1.28. The van der Waals surface area contributed by atoms with Gasteiger partial charge in [0.25, 0.3) is 0 Å². The van der Waals surface area contributed by atoms with Crippen LogP contribution in [0.1, 0.15) is 12.5 Å². The molecule has 2 rings (SSSR count). The van der Waals surface area contributed by atoms with Gasteiger partial charge >= 0.3 is 0 Å². The van der Waals surface area contributed by atoms with Crippen LogP contribution in [0.4, 0.5) is 0 Å². The van der Waals surface area contributed by atoms with E-state index in [9.17, 15) is 9.59 Å². The largest absolute Gasteiger partial charge is 0.335 e. The van der Waals surface area contributed by atoms with Gasteiger partial charge in [0, 0.05) is 24.7 Å². The standard InChI is InChI=1S/C14H18ClN3O2.ClH/c1-10(16)14(20)18-6-5-17(13(19)9-18)8-11-3-2-4-12(15)7-11;/h2-4,7,10H,5-6,8-9,16H2,1H3;1H/t10-;/m1./s1. The summed E-state index contributed by atoms with van der Waals surface area (Å²) in [5, 5.41) is 0.653. The number of carbonyl (C=O) groups excluding carboxylic acids is 2. The Balaban J connectivity index is 0.00000220. The fourth-order valence-electron chi connectivity index (χ4n) is 2.21. The molecule has 0 saturated carbocycles. The lowest BCUT2D eigenvalue weighted by atomic mass is 10.2. The van der Waals surface area contributed by atoms with Gasteiger partial charge < -0.3 is 15.5 Å². The lowest BCUT2D eigenvalue weighted by Gasteiger charge is -2.35. The van der Waals surface area contributed by atoms with E-state index in [2.05, 4.69) is 0 Å². The lowest BCUT2D eigenvalue weighted by Crippen LogP contribution is -2.54. The third-order valence-electron chi connectivity index (χ3n) is 3.28. The minimum atomic E-state index is -0.567. The maximum Gasteiger partial charge on any atom is 0.242 e. The second kappa shape index (κ2) is 7.64. The molecule has 0 bridgehead atoms. The highest BCUT2D eigenvalue weighted by atomic mass is 35.5. The first-order chi connectivity index (χ1) is 9.47. The smallest absolute Gasteiger partial charge is 0.242 e. The molecule has 0 aromatic heterocycles. The molecule has 5 nitrogen and oxygen atoms in total. The van der Waals surface area contributed by atoms with Crippen molar-refractivity contribution >= 4 is 35.8 Å². The number of amides is 2. The number of halogens is 2. The summed E-state index contributed by atoms with van der Waals surface area (Å²) in [6.45, 7) is 3.28. The van der Waals surface area contributed by atoms with Crippen LogP contribution >= 0.6 is 24.0 Å². The highest BCUT2D eigenvalue weighted by Crippen LogP contribution is 2.14. The molecule has 2 amide bonds. The molecule has 0 radical (unpaired) electrons. The SMILES string of the molecule is C[C@@H](N)C(=O)N1CCN(Cc2cccc(Cl)c2)C(=O)C1.Cl. The van der Waals surface area contributed by atoms with Crippen LogP contribution in [0, 0.1) is 0 Å². The van der Waals surface area contributed by atoms with Crippen LogP contribution < -0.4 is 5.73 Å². The number of piperazine rings is 1. The van der Waals surface area contributed by atoms with E-state index in [1.807, 2.05) is 18.2 Å². The molecule has 1 saturated heterocycles. The van der Waals surface area contributed by atoms with Crippen LogP contribution in [-0.2, 0) is 16.1 Å². The van der Waals surface area contributed by atoms with Gasteiger partial charge in [0.2, 0.25) is 11.8 Å². The van der Waals surface area contributed by atoms with Crippen LogP contribution in [0.25, 0.3) is 0 Å². The first kappa shape index (κ1) is 17.8. The van der Waals surface area contributed by atoms with Crippen molar-refractivity contribution in [2.24, 2.45) is 5.73 Å². The molecule has 1 atom stereocenters. The Bertz CT molecular complexity index is 523. The molecular weight excluding hydrogens is 313 g/mol. The number of hydrogen-bond donors (Lipinski definition) is 1. The van der Waals surface area contributed by atoms with Gasteiger partial charge in [-0.05, 0) is 24.6 Å². The van der Waals surface area contributed by atoms with Crippen LogP contribution in [0.3, 0.4) is 0 Å². The minimum Gasteiger partial charge on any atom is -0.335 e. The lowest BCUT2D eigenvalue weighted by molar-refractivity contribution is -0.146. The van der Waals surface area contributed by atoms with Gasteiger partial charge in [-0.15, -0.1) is 12.4 Å². The van der Waals surface area contributed by atoms with Crippen molar-refractivity contribution in [2.45, 2.75) is 19.5 Å². The molecule has 0 aliphatic carbocycles. The molecule has 116 valence electrons. The summed E-state index contributed by atoms with van der Waals surface area (Å²) in [7, 11) is 0. The predicted molar refractivity (Wildman–Crippen MR) is 84.3 cm³/mol. The molecule has 1 heterocycles. The Morgan fingerprint density at radius 1 is 1.43 bits per heavy atom. The molecule has 1 aromatic rings. The van der Waals surface area contributed by atoms with Gasteiger partial charge in [-0.3, -0.25) is 9.59 Å². The summed E-state index contributed by atoms with van der Waals surface area (Å²) in [5.74, 6) is -0.244. The first-order valence-electron chi connectivity index (χ1n) is 6.54. The molecule has 1 aliphatic rings. The quantitative estimate of drug-likeness (QED) is 0.907. The van der Waals surface area contributed by atoms with Crippen molar-refractivity contribution in [1.82, 2.24) is 9.80 Å². The Morgan fingerprint density at radius 2 is 2.14 bits per heavy atom. The summed E-state index contributed by atoms with van der Waals surface area (Å²) in [5.41, 5.74) is 6.54. The fraction of sp³-hybridized carbons (Fsp3) is 0.429. The molecule has 0 spiro atoms. The molecule has 1 aromatic carbocycles. The summed E-state index contributed by atoms with van der Waals surface area (Å²) in [6, 6.07) is 6.86. The first-order valence-corrected chi connectivity index (χ1v) is 6.92. The van der Waals surface area contributed by atoms with Crippen molar-refractivity contribution in [1.29, 1.82) is 0 Å². The summed E-state index contributed by atoms with van der Waals surface area (Å²) in [6.07, 6.45) is 0. The van der Waals surface area contributed by atoms with Crippen LogP contribution in [0.2, 0.25) is 5.02 Å². The van der Waals surface area contributed by atoms with Gasteiger partial charge in [0.1, 0.15) is 0 Å². The van der Waals surface area contributed by atoms with Crippen LogP contribution in [-0.4, -0.2) is 47.3 Å². The molecule has 21 heavy (non-hydrogen) atoms. The zero-order chi connectivity index (χ0) is 14.7. The molecule has 1 aliphatic heterocycles. The monoisotopic (exact) mass is 331 g/mol. The van der Waals surface area contributed by atoms with E-state index < -0.39 is 6.04 Å². The second-order valence-electron chi connectivity index (χ2n) is 4.99. The Kier molecular flexibility index (Phi) is 6.45. The zero-order valence-corrected chi connectivity index (χ0v) is 13.4. The van der Waals surface area contributed by atoms with Gasteiger partial charge in [0.05, 0.1) is 12.6 Å². The van der Waals surface area contributed by atoms with Crippen LogP contribution in [0.5, 0.6) is 0 Å². The van der Waals surface area contributed by atoms with Gasteiger partial charge in [-0.1, -0.05) is 23.7 Å². The van der Waals surface area contributed by atoms with Crippen molar-refractivity contribution < 1.29 is 9.59 Å². The van der Waals surface area contributed by atoms with Gasteiger partial charge in [-0.2, -0.15) is 0 Å². The maximum atomic E-state index is 12.1. The van der Waals surface area contributed by atoms with E-state index in [1.54, 1.807) is 17.9 Å². The number of hydrogen-bond acceptors (Lipinski definition) is 3. The van der Waals surface area contributed by atoms with E-state index in [1.165, 1.54) is 4.90 Å². The normalized spacial score (nSPS) is 16.4. The number of nitrogens with two attached hydrogens (primary N) is 1. The third-order valence-corrected chi connectivity index (χ3v) is 3.52. The topological polar surface area (TPSA) is 66.6 Å². The van der Waals surface area contributed by atoms with Crippen molar-refractivity contribution in [3.63, 3.8) is 0 Å². The number of benzene rings is 1. The highest BCUT2D eigenvalue weighted by molar-refractivity contribution is 6.30. The molecular formula is C14H19Cl2N3O2. The highest BCUT2D eigenvalue weighted by Gasteiger charge is 2.28. The number of rotatable bonds is 3. The van der Waals surface area contributed by atoms with Crippen LogP contribution in [0.15, 0.2) is 24.3 Å². The summed E-state index contributed by atoms with van der Waals surface area (Å²) < 4.78 is 0. The van der Waals surface area contributed by atoms with Crippen molar-refractivity contribution in [3.05, 3.63) is 34.9 Å². The van der Waals surface area contributed by atoms with Crippen molar-refractivity contribution in [3.8, 4) is 0 Å². The zero-order valence-electron chi connectivity index (χ0n) is 11.8. The minimum absolute atomic E-state index is 0. The number of carbonyl (C=O) groups is 2. The second-order valence-corrected chi connectivity index (χ2v) is 5.43. The summed E-state index contributed by atoms with van der Waals surface area (Å²) >= 11 is 5.93. The Hall–Kier alpha value is -1.30. The van der Waals surface area contributed by atoms with E-state index in [4.69, 9.17) is 17.3 Å². The molecule has 1 fully saturated rings. The molecule has 2 N–H and O–H groups in total. The van der Waals surface area contributed by atoms with E-state index in [-0.39, 0.29) is 30.8 Å². The van der Waals surface area contributed by atoms with E-state index >= 15 is 0 Å². The average Bonchev–Trinajstić information content (AvgIpc) is 2.40. The maximum absolute atomic E-state index is 12.1. The Labute approximate surface area is 135 Å². The van der Waals surface area contributed by atoms with Gasteiger partial charge in [-0.25, -0.2) is 0 Å².